The van der Waals surface area contributed by atoms with E-state index in [1.807, 2.05) is 4.90 Å². The Morgan fingerprint density at radius 2 is 1.52 bits per heavy atom. The number of rotatable bonds is 2. The van der Waals surface area contributed by atoms with Crippen molar-refractivity contribution in [3.8, 4) is 0 Å². The van der Waals surface area contributed by atoms with Gasteiger partial charge in [-0.2, -0.15) is 13.2 Å². The van der Waals surface area contributed by atoms with E-state index in [9.17, 15) is 22.8 Å². The fourth-order valence-electron chi connectivity index (χ4n) is 2.15. The quantitative estimate of drug-likeness (QED) is 0.785. The maximum Gasteiger partial charge on any atom is 0.471 e. The van der Waals surface area contributed by atoms with Gasteiger partial charge in [0.25, 0.3) is 5.24 Å². The van der Waals surface area contributed by atoms with Crippen molar-refractivity contribution in [2.24, 2.45) is 0 Å². The van der Waals surface area contributed by atoms with E-state index in [-0.39, 0.29) is 13.1 Å². The molecular weight excluding hydrogens is 309 g/mol. The summed E-state index contributed by atoms with van der Waals surface area (Å²) < 4.78 is 37.0. The highest BCUT2D eigenvalue weighted by molar-refractivity contribution is 6.67. The Kier molecular flexibility index (Phi) is 4.41. The van der Waals surface area contributed by atoms with Gasteiger partial charge >= 0.3 is 12.1 Å². The molecule has 0 spiro atoms. The lowest BCUT2D eigenvalue weighted by molar-refractivity contribution is -0.185. The highest BCUT2D eigenvalue weighted by atomic mass is 35.5. The van der Waals surface area contributed by atoms with Crippen LogP contribution in [-0.2, 0) is 4.79 Å². The van der Waals surface area contributed by atoms with Crippen LogP contribution in [0.4, 0.5) is 18.9 Å². The molecule has 4 nitrogen and oxygen atoms in total. The first-order valence-corrected chi connectivity index (χ1v) is 6.58. The first-order valence-electron chi connectivity index (χ1n) is 6.20. The van der Waals surface area contributed by atoms with Crippen molar-refractivity contribution in [2.75, 3.05) is 31.1 Å². The van der Waals surface area contributed by atoms with E-state index >= 15 is 0 Å². The van der Waals surface area contributed by atoms with Crippen molar-refractivity contribution in [3.05, 3.63) is 29.8 Å². The molecule has 0 aromatic heterocycles. The molecule has 0 N–H and O–H groups in total. The van der Waals surface area contributed by atoms with Crippen LogP contribution in [0.1, 0.15) is 10.4 Å². The van der Waals surface area contributed by atoms with Crippen LogP contribution in [-0.4, -0.2) is 48.4 Å². The lowest BCUT2D eigenvalue weighted by atomic mass is 10.2. The molecule has 1 aliphatic rings. The van der Waals surface area contributed by atoms with Crippen molar-refractivity contribution in [2.45, 2.75) is 6.18 Å². The van der Waals surface area contributed by atoms with Gasteiger partial charge in [-0.3, -0.25) is 9.59 Å². The van der Waals surface area contributed by atoms with Crippen LogP contribution in [0.3, 0.4) is 0 Å². The topological polar surface area (TPSA) is 40.6 Å². The van der Waals surface area contributed by atoms with Crippen LogP contribution in [0, 0.1) is 0 Å². The van der Waals surface area contributed by atoms with E-state index in [1.165, 1.54) is 0 Å². The maximum absolute atomic E-state index is 12.3. The molecule has 0 radical (unpaired) electrons. The summed E-state index contributed by atoms with van der Waals surface area (Å²) in [5.41, 5.74) is 1.13. The predicted octanol–water partition coefficient (Wildman–Crippen LogP) is 2.28. The third kappa shape index (κ3) is 3.66. The Labute approximate surface area is 124 Å². The summed E-state index contributed by atoms with van der Waals surface area (Å²) >= 11 is 5.33. The molecule has 1 heterocycles. The number of anilines is 1. The average molecular weight is 321 g/mol. The minimum Gasteiger partial charge on any atom is -0.368 e. The number of amides is 1. The molecule has 0 saturated carbocycles. The van der Waals surface area contributed by atoms with Crippen LogP contribution in [0.2, 0.25) is 0 Å². The normalized spacial score (nSPS) is 16.0. The SMILES string of the molecule is O=C(Cl)c1ccc(N2CCN(C(=O)C(F)(F)F)CC2)cc1. The molecule has 1 saturated heterocycles. The summed E-state index contributed by atoms with van der Waals surface area (Å²) in [6.45, 7) is 0.620. The zero-order valence-electron chi connectivity index (χ0n) is 10.9. The highest BCUT2D eigenvalue weighted by Gasteiger charge is 2.43. The second kappa shape index (κ2) is 5.93. The van der Waals surface area contributed by atoms with E-state index in [1.54, 1.807) is 24.3 Å². The van der Waals surface area contributed by atoms with E-state index in [0.717, 1.165) is 10.6 Å². The van der Waals surface area contributed by atoms with Crippen molar-refractivity contribution < 1.29 is 22.8 Å². The van der Waals surface area contributed by atoms with E-state index in [0.29, 0.717) is 18.7 Å². The minimum atomic E-state index is -4.83. The van der Waals surface area contributed by atoms with E-state index in [4.69, 9.17) is 11.6 Å². The molecule has 1 aliphatic heterocycles. The molecule has 2 rings (SSSR count). The number of halogens is 4. The Balaban J connectivity index is 1.98. The average Bonchev–Trinajstić information content (AvgIpc) is 2.46. The van der Waals surface area contributed by atoms with Crippen molar-refractivity contribution in [1.29, 1.82) is 0 Å². The summed E-state index contributed by atoms with van der Waals surface area (Å²) in [6.07, 6.45) is -4.83. The second-order valence-electron chi connectivity index (χ2n) is 4.60. The number of piperazine rings is 1. The molecule has 0 unspecified atom stereocenters. The number of nitrogens with zero attached hydrogens (tertiary/aromatic N) is 2. The monoisotopic (exact) mass is 320 g/mol. The first kappa shape index (κ1) is 15.6. The largest absolute Gasteiger partial charge is 0.471 e. The number of benzene rings is 1. The molecule has 114 valence electrons. The van der Waals surface area contributed by atoms with Gasteiger partial charge in [-0.05, 0) is 35.9 Å². The van der Waals surface area contributed by atoms with Gasteiger partial charge in [-0.25, -0.2) is 0 Å². The smallest absolute Gasteiger partial charge is 0.368 e. The van der Waals surface area contributed by atoms with Gasteiger partial charge in [0.15, 0.2) is 0 Å². The fraction of sp³-hybridized carbons (Fsp3) is 0.385. The highest BCUT2D eigenvalue weighted by Crippen LogP contribution is 2.22. The standard InChI is InChI=1S/C13H12ClF3N2O2/c14-11(20)9-1-3-10(4-2-9)18-5-7-19(8-6-18)12(21)13(15,16)17/h1-4H,5-8H2. The second-order valence-corrected chi connectivity index (χ2v) is 4.94. The number of hydrogen-bond acceptors (Lipinski definition) is 3. The molecule has 8 heteroatoms. The van der Waals surface area contributed by atoms with E-state index < -0.39 is 17.3 Å². The van der Waals surface area contributed by atoms with Crippen molar-refractivity contribution >= 4 is 28.4 Å². The first-order chi connectivity index (χ1) is 9.79. The van der Waals surface area contributed by atoms with Gasteiger partial charge in [0.2, 0.25) is 0 Å². The molecule has 0 bridgehead atoms. The molecule has 1 aromatic rings. The molecule has 1 fully saturated rings. The Morgan fingerprint density at radius 1 is 1.00 bits per heavy atom. The number of alkyl halides is 3. The van der Waals surface area contributed by atoms with Crippen LogP contribution in [0.5, 0.6) is 0 Å². The summed E-state index contributed by atoms with van der Waals surface area (Å²) in [4.78, 5) is 24.7. The van der Waals surface area contributed by atoms with Gasteiger partial charge in [-0.15, -0.1) is 0 Å². The molecule has 1 aromatic carbocycles. The lowest BCUT2D eigenvalue weighted by Gasteiger charge is -2.36. The minimum absolute atomic E-state index is 0.00846. The van der Waals surface area contributed by atoms with Crippen LogP contribution in [0.25, 0.3) is 0 Å². The Morgan fingerprint density at radius 3 is 1.95 bits per heavy atom. The van der Waals surface area contributed by atoms with E-state index in [2.05, 4.69) is 0 Å². The summed E-state index contributed by atoms with van der Waals surface area (Å²) in [5, 5.41) is -0.567. The third-order valence-corrected chi connectivity index (χ3v) is 3.49. The van der Waals surface area contributed by atoms with Crippen molar-refractivity contribution in [1.82, 2.24) is 4.90 Å². The fourth-order valence-corrected chi connectivity index (χ4v) is 2.28. The predicted molar refractivity (Wildman–Crippen MR) is 71.5 cm³/mol. The Hall–Kier alpha value is -1.76. The molecule has 21 heavy (non-hydrogen) atoms. The Bertz CT molecular complexity index is 537. The summed E-state index contributed by atoms with van der Waals surface area (Å²) in [7, 11) is 0. The van der Waals surface area contributed by atoms with Crippen LogP contribution >= 0.6 is 11.6 Å². The lowest BCUT2D eigenvalue weighted by Crippen LogP contribution is -2.52. The number of hydrogen-bond donors (Lipinski definition) is 0. The molecular formula is C13H12ClF3N2O2. The summed E-state index contributed by atoms with van der Waals surface area (Å²) in [6, 6.07) is 6.46. The zero-order chi connectivity index (χ0) is 15.6. The zero-order valence-corrected chi connectivity index (χ0v) is 11.6. The number of carbonyl (C=O) groups excluding carboxylic acids is 2. The summed E-state index contributed by atoms with van der Waals surface area (Å²) in [5.74, 6) is -1.80. The van der Waals surface area contributed by atoms with Gasteiger partial charge < -0.3 is 9.80 Å². The van der Waals surface area contributed by atoms with Crippen molar-refractivity contribution in [3.63, 3.8) is 0 Å². The van der Waals surface area contributed by atoms with Crippen LogP contribution < -0.4 is 4.90 Å². The van der Waals surface area contributed by atoms with Crippen LogP contribution in [0.15, 0.2) is 24.3 Å². The van der Waals surface area contributed by atoms with Gasteiger partial charge in [0.05, 0.1) is 0 Å². The third-order valence-electron chi connectivity index (χ3n) is 3.27. The molecule has 1 amide bonds. The molecule has 0 atom stereocenters. The van der Waals surface area contributed by atoms with Gasteiger partial charge in [0.1, 0.15) is 0 Å². The van der Waals surface area contributed by atoms with Gasteiger partial charge in [-0.1, -0.05) is 0 Å². The number of carbonyl (C=O) groups is 2. The van der Waals surface area contributed by atoms with Gasteiger partial charge in [0, 0.05) is 37.4 Å². The molecule has 0 aliphatic carbocycles. The maximum atomic E-state index is 12.3.